The van der Waals surface area contributed by atoms with E-state index in [1.807, 2.05) is 0 Å². The third kappa shape index (κ3) is 4.94. The van der Waals surface area contributed by atoms with E-state index in [1.165, 1.54) is 19.3 Å². The van der Waals surface area contributed by atoms with Crippen LogP contribution in [0.1, 0.15) is 45.4 Å². The highest BCUT2D eigenvalue weighted by molar-refractivity contribution is 5.72. The molecule has 1 fully saturated rings. The maximum atomic E-state index is 10.8. The molecule has 16 heavy (non-hydrogen) atoms. The van der Waals surface area contributed by atoms with Gasteiger partial charge in [-0.25, -0.2) is 4.79 Å². The molecule has 0 radical (unpaired) electrons. The third-order valence-electron chi connectivity index (χ3n) is 2.93. The van der Waals surface area contributed by atoms with Crippen LogP contribution in [0, 0.1) is 0 Å². The van der Waals surface area contributed by atoms with Crippen LogP contribution < -0.4 is 0 Å². The van der Waals surface area contributed by atoms with Crippen LogP contribution in [0.3, 0.4) is 0 Å². The van der Waals surface area contributed by atoms with E-state index in [2.05, 4.69) is 0 Å². The molecule has 4 heteroatoms. The normalized spacial score (nSPS) is 19.6. The van der Waals surface area contributed by atoms with Crippen LogP contribution in [-0.4, -0.2) is 36.5 Å². The summed E-state index contributed by atoms with van der Waals surface area (Å²) in [5.74, 6) is -0.894. The summed E-state index contributed by atoms with van der Waals surface area (Å²) in [5.41, 5.74) is 0. The van der Waals surface area contributed by atoms with E-state index in [9.17, 15) is 4.79 Å². The minimum Gasteiger partial charge on any atom is -0.479 e. The number of rotatable bonds is 7. The Hall–Kier alpha value is -0.610. The van der Waals surface area contributed by atoms with E-state index in [0.717, 1.165) is 12.8 Å². The van der Waals surface area contributed by atoms with Crippen LogP contribution in [0.15, 0.2) is 0 Å². The summed E-state index contributed by atoms with van der Waals surface area (Å²) in [5, 5.41) is 8.86. The molecule has 4 nitrogen and oxygen atoms in total. The minimum absolute atomic E-state index is 0.338. The molecule has 0 amide bonds. The fourth-order valence-corrected chi connectivity index (χ4v) is 2.05. The van der Waals surface area contributed by atoms with Gasteiger partial charge in [0, 0.05) is 19.6 Å². The van der Waals surface area contributed by atoms with Crippen LogP contribution in [0.5, 0.6) is 0 Å². The van der Waals surface area contributed by atoms with Gasteiger partial charge in [0.1, 0.15) is 0 Å². The lowest BCUT2D eigenvalue weighted by Gasteiger charge is -2.22. The van der Waals surface area contributed by atoms with Gasteiger partial charge in [0.05, 0.1) is 6.10 Å². The zero-order chi connectivity index (χ0) is 11.8. The summed E-state index contributed by atoms with van der Waals surface area (Å²) < 4.78 is 10.8. The Morgan fingerprint density at radius 2 is 2.06 bits per heavy atom. The van der Waals surface area contributed by atoms with Crippen molar-refractivity contribution in [2.45, 2.75) is 57.7 Å². The van der Waals surface area contributed by atoms with Gasteiger partial charge in [-0.15, -0.1) is 0 Å². The Morgan fingerprint density at radius 3 is 2.62 bits per heavy atom. The van der Waals surface area contributed by atoms with Gasteiger partial charge in [-0.1, -0.05) is 19.3 Å². The summed E-state index contributed by atoms with van der Waals surface area (Å²) in [6.07, 6.45) is 6.07. The molecule has 0 heterocycles. The molecule has 0 aliphatic heterocycles. The lowest BCUT2D eigenvalue weighted by atomic mass is 9.98. The van der Waals surface area contributed by atoms with E-state index >= 15 is 0 Å². The maximum absolute atomic E-state index is 10.8. The maximum Gasteiger partial charge on any atom is 0.332 e. The number of carbonyl (C=O) groups is 1. The first kappa shape index (κ1) is 13.5. The lowest BCUT2D eigenvalue weighted by molar-refractivity contribution is -0.151. The van der Waals surface area contributed by atoms with Crippen molar-refractivity contribution in [3.63, 3.8) is 0 Å². The molecule has 1 rings (SSSR count). The molecule has 0 saturated heterocycles. The molecule has 1 saturated carbocycles. The first-order valence-corrected chi connectivity index (χ1v) is 6.20. The average Bonchev–Trinajstić information content (AvgIpc) is 2.29. The standard InChI is InChI=1S/C12H22O4/c1-2-15-11(12(13)14)8-9-16-10-6-4-3-5-7-10/h10-11H,2-9H2,1H3,(H,13,14). The number of ether oxygens (including phenoxy) is 2. The van der Waals surface area contributed by atoms with Crippen molar-refractivity contribution in [2.75, 3.05) is 13.2 Å². The van der Waals surface area contributed by atoms with Crippen LogP contribution in [0.4, 0.5) is 0 Å². The Morgan fingerprint density at radius 1 is 1.38 bits per heavy atom. The van der Waals surface area contributed by atoms with Crippen molar-refractivity contribution in [2.24, 2.45) is 0 Å². The Balaban J connectivity index is 2.13. The van der Waals surface area contributed by atoms with Gasteiger partial charge in [0.2, 0.25) is 0 Å². The number of hydrogen-bond donors (Lipinski definition) is 1. The lowest BCUT2D eigenvalue weighted by Crippen LogP contribution is -2.27. The molecule has 0 spiro atoms. The zero-order valence-electron chi connectivity index (χ0n) is 9.98. The number of aliphatic carboxylic acids is 1. The molecular weight excluding hydrogens is 208 g/mol. The fourth-order valence-electron chi connectivity index (χ4n) is 2.05. The highest BCUT2D eigenvalue weighted by atomic mass is 16.5. The molecule has 0 aromatic rings. The molecule has 1 unspecified atom stereocenters. The van der Waals surface area contributed by atoms with Gasteiger partial charge in [-0.2, -0.15) is 0 Å². The molecule has 0 aromatic carbocycles. The predicted octanol–water partition coefficient (Wildman–Crippen LogP) is 2.22. The van der Waals surface area contributed by atoms with Crippen molar-refractivity contribution >= 4 is 5.97 Å². The SMILES string of the molecule is CCOC(CCOC1CCCCC1)C(=O)O. The minimum atomic E-state index is -0.894. The largest absolute Gasteiger partial charge is 0.479 e. The van der Waals surface area contributed by atoms with Crippen molar-refractivity contribution in [1.82, 2.24) is 0 Å². The van der Waals surface area contributed by atoms with Crippen molar-refractivity contribution in [1.29, 1.82) is 0 Å². The van der Waals surface area contributed by atoms with Gasteiger partial charge in [-0.05, 0) is 19.8 Å². The van der Waals surface area contributed by atoms with Crippen LogP contribution >= 0.6 is 0 Å². The number of carboxylic acids is 1. The Bertz CT molecular complexity index is 199. The molecule has 1 aliphatic rings. The molecular formula is C12H22O4. The first-order valence-electron chi connectivity index (χ1n) is 6.20. The van der Waals surface area contributed by atoms with Gasteiger partial charge >= 0.3 is 5.97 Å². The van der Waals surface area contributed by atoms with Crippen molar-refractivity contribution in [3.8, 4) is 0 Å². The number of hydrogen-bond acceptors (Lipinski definition) is 3. The van der Waals surface area contributed by atoms with Gasteiger partial charge in [0.15, 0.2) is 6.10 Å². The van der Waals surface area contributed by atoms with E-state index in [1.54, 1.807) is 6.92 Å². The van der Waals surface area contributed by atoms with Crippen LogP contribution in [0.25, 0.3) is 0 Å². The molecule has 1 aliphatic carbocycles. The molecule has 94 valence electrons. The van der Waals surface area contributed by atoms with Crippen LogP contribution in [0.2, 0.25) is 0 Å². The van der Waals surface area contributed by atoms with E-state index in [0.29, 0.717) is 25.7 Å². The van der Waals surface area contributed by atoms with E-state index in [-0.39, 0.29) is 0 Å². The third-order valence-corrected chi connectivity index (χ3v) is 2.93. The summed E-state index contributed by atoms with van der Waals surface area (Å²) in [4.78, 5) is 10.8. The van der Waals surface area contributed by atoms with Crippen molar-refractivity contribution in [3.05, 3.63) is 0 Å². The Kier molecular flexibility index (Phi) is 6.42. The second kappa shape index (κ2) is 7.63. The van der Waals surface area contributed by atoms with Gasteiger partial charge < -0.3 is 14.6 Å². The summed E-state index contributed by atoms with van der Waals surface area (Å²) in [6, 6.07) is 0. The zero-order valence-corrected chi connectivity index (χ0v) is 9.98. The monoisotopic (exact) mass is 230 g/mol. The van der Waals surface area contributed by atoms with E-state index in [4.69, 9.17) is 14.6 Å². The van der Waals surface area contributed by atoms with Gasteiger partial charge in [-0.3, -0.25) is 0 Å². The Labute approximate surface area is 96.9 Å². The topological polar surface area (TPSA) is 55.8 Å². The highest BCUT2D eigenvalue weighted by Gasteiger charge is 2.19. The second-order valence-corrected chi connectivity index (χ2v) is 4.20. The summed E-state index contributed by atoms with van der Waals surface area (Å²) >= 11 is 0. The molecule has 1 N–H and O–H groups in total. The smallest absolute Gasteiger partial charge is 0.332 e. The van der Waals surface area contributed by atoms with Crippen molar-refractivity contribution < 1.29 is 19.4 Å². The number of carboxylic acid groups (broad SMARTS) is 1. The molecule has 1 atom stereocenters. The quantitative estimate of drug-likeness (QED) is 0.728. The second-order valence-electron chi connectivity index (χ2n) is 4.20. The average molecular weight is 230 g/mol. The van der Waals surface area contributed by atoms with Gasteiger partial charge in [0.25, 0.3) is 0 Å². The predicted molar refractivity (Wildman–Crippen MR) is 60.5 cm³/mol. The first-order chi connectivity index (χ1) is 7.74. The summed E-state index contributed by atoms with van der Waals surface area (Å²) in [7, 11) is 0. The van der Waals surface area contributed by atoms with Crippen LogP contribution in [-0.2, 0) is 14.3 Å². The highest BCUT2D eigenvalue weighted by Crippen LogP contribution is 2.20. The summed E-state index contributed by atoms with van der Waals surface area (Å²) in [6.45, 7) is 2.72. The molecule has 0 bridgehead atoms. The fraction of sp³-hybridized carbons (Fsp3) is 0.917. The van der Waals surface area contributed by atoms with E-state index < -0.39 is 12.1 Å². The molecule has 0 aromatic heterocycles.